The molecule has 0 bridgehead atoms. The predicted molar refractivity (Wildman–Crippen MR) is 95.2 cm³/mol. The molecule has 0 aliphatic carbocycles. The molecule has 3 N–H and O–H groups in total. The Morgan fingerprint density at radius 3 is 2.52 bits per heavy atom. The maximum absolute atomic E-state index is 9.62. The zero-order valence-corrected chi connectivity index (χ0v) is 14.7. The highest BCUT2D eigenvalue weighted by molar-refractivity contribution is 5.41. The summed E-state index contributed by atoms with van der Waals surface area (Å²) in [7, 11) is 1.57. The molecule has 0 aliphatic heterocycles. The average Bonchev–Trinajstić information content (AvgIpc) is 2.56. The fourth-order valence-electron chi connectivity index (χ4n) is 2.67. The summed E-state index contributed by atoms with van der Waals surface area (Å²) in [6, 6.07) is 5.47. The van der Waals surface area contributed by atoms with Crippen molar-refractivity contribution in [3.05, 3.63) is 23.8 Å². The molecule has 1 atom stereocenters. The highest BCUT2D eigenvalue weighted by Crippen LogP contribution is 2.26. The molecule has 0 heterocycles. The van der Waals surface area contributed by atoms with Crippen LogP contribution in [0.5, 0.6) is 11.5 Å². The lowest BCUT2D eigenvalue weighted by Crippen LogP contribution is -2.15. The van der Waals surface area contributed by atoms with Gasteiger partial charge in [0, 0.05) is 0 Å². The minimum atomic E-state index is 0.177. The molecule has 0 saturated heterocycles. The molecule has 0 amide bonds. The van der Waals surface area contributed by atoms with Crippen molar-refractivity contribution >= 4 is 0 Å². The molecule has 1 unspecified atom stereocenters. The summed E-state index contributed by atoms with van der Waals surface area (Å²) >= 11 is 0. The van der Waals surface area contributed by atoms with E-state index in [4.69, 9.17) is 15.2 Å². The fraction of sp³-hybridized carbons (Fsp3) is 0.684. The van der Waals surface area contributed by atoms with Gasteiger partial charge in [-0.25, -0.2) is 0 Å². The largest absolute Gasteiger partial charge is 0.504 e. The number of unbranched alkanes of at least 4 members (excludes halogenated alkanes) is 3. The first kappa shape index (κ1) is 19.8. The van der Waals surface area contributed by atoms with Crippen molar-refractivity contribution in [3.8, 4) is 11.5 Å². The van der Waals surface area contributed by atoms with Gasteiger partial charge in [0.25, 0.3) is 0 Å². The number of rotatable bonds is 13. The molecular formula is C19H33NO3. The van der Waals surface area contributed by atoms with Crippen LogP contribution < -0.4 is 10.5 Å². The monoisotopic (exact) mass is 323 g/mol. The van der Waals surface area contributed by atoms with Crippen LogP contribution in [0, 0.1) is 0 Å². The zero-order chi connectivity index (χ0) is 16.9. The van der Waals surface area contributed by atoms with Gasteiger partial charge in [-0.15, -0.1) is 0 Å². The maximum atomic E-state index is 9.62. The van der Waals surface area contributed by atoms with E-state index >= 15 is 0 Å². The van der Waals surface area contributed by atoms with Crippen LogP contribution in [0.1, 0.15) is 57.4 Å². The summed E-state index contributed by atoms with van der Waals surface area (Å²) in [6.07, 6.45) is 9.36. The molecule has 23 heavy (non-hydrogen) atoms. The first-order chi connectivity index (χ1) is 11.2. The number of nitrogens with two attached hydrogens (primary N) is 1. The Labute approximate surface area is 141 Å². The van der Waals surface area contributed by atoms with E-state index in [0.29, 0.717) is 18.5 Å². The predicted octanol–water partition coefficient (Wildman–Crippen LogP) is 4.04. The third-order valence-corrected chi connectivity index (χ3v) is 4.10. The number of hydrogen-bond acceptors (Lipinski definition) is 4. The van der Waals surface area contributed by atoms with Crippen molar-refractivity contribution in [2.75, 3.05) is 20.3 Å². The van der Waals surface area contributed by atoms with E-state index < -0.39 is 0 Å². The van der Waals surface area contributed by atoms with Crippen LogP contribution in [0.3, 0.4) is 0 Å². The minimum absolute atomic E-state index is 0.177. The summed E-state index contributed by atoms with van der Waals surface area (Å²) < 4.78 is 11.2. The van der Waals surface area contributed by atoms with Gasteiger partial charge in [-0.1, -0.05) is 32.3 Å². The Hall–Kier alpha value is -1.26. The summed E-state index contributed by atoms with van der Waals surface area (Å²) in [5.41, 5.74) is 6.70. The maximum Gasteiger partial charge on any atom is 0.160 e. The van der Waals surface area contributed by atoms with Crippen LogP contribution in [0.15, 0.2) is 18.2 Å². The Morgan fingerprint density at radius 2 is 1.87 bits per heavy atom. The molecule has 132 valence electrons. The van der Waals surface area contributed by atoms with Crippen molar-refractivity contribution < 1.29 is 14.6 Å². The third kappa shape index (κ3) is 8.24. The molecule has 0 fully saturated rings. The van der Waals surface area contributed by atoms with E-state index in [1.807, 2.05) is 12.1 Å². The summed E-state index contributed by atoms with van der Waals surface area (Å²) in [4.78, 5) is 0. The van der Waals surface area contributed by atoms with Crippen molar-refractivity contribution in [1.82, 2.24) is 0 Å². The van der Waals surface area contributed by atoms with E-state index in [1.54, 1.807) is 13.2 Å². The number of phenolic OH excluding ortho intramolecular Hbond substituents is 1. The molecule has 1 aromatic rings. The number of phenols is 1. The Bertz CT molecular complexity index is 413. The number of methoxy groups -OCH3 is 1. The highest BCUT2D eigenvalue weighted by atomic mass is 16.5. The standard InChI is InChI=1S/C19H33NO3/c1-3-4-5-8-17(9-6-7-13-20)23-14-12-16-10-11-18(21)19(15-16)22-2/h10-11,15,17,21H,3-9,12-14,20H2,1-2H3. The fourth-order valence-corrected chi connectivity index (χ4v) is 2.67. The van der Waals surface area contributed by atoms with Gasteiger partial charge >= 0.3 is 0 Å². The molecule has 0 aromatic heterocycles. The summed E-state index contributed by atoms with van der Waals surface area (Å²) in [5.74, 6) is 0.696. The Morgan fingerprint density at radius 1 is 1.13 bits per heavy atom. The van der Waals surface area contributed by atoms with Gasteiger partial charge in [-0.2, -0.15) is 0 Å². The van der Waals surface area contributed by atoms with Gasteiger partial charge in [0.2, 0.25) is 0 Å². The number of hydrogen-bond donors (Lipinski definition) is 2. The minimum Gasteiger partial charge on any atom is -0.504 e. The smallest absolute Gasteiger partial charge is 0.160 e. The molecule has 0 radical (unpaired) electrons. The van der Waals surface area contributed by atoms with Gasteiger partial charge in [-0.3, -0.25) is 0 Å². The molecule has 4 heteroatoms. The van der Waals surface area contributed by atoms with Gasteiger partial charge in [0.15, 0.2) is 11.5 Å². The van der Waals surface area contributed by atoms with Gasteiger partial charge in [0.1, 0.15) is 0 Å². The van der Waals surface area contributed by atoms with E-state index in [2.05, 4.69) is 6.92 Å². The lowest BCUT2D eigenvalue weighted by atomic mass is 10.0. The molecule has 4 nitrogen and oxygen atoms in total. The molecular weight excluding hydrogens is 290 g/mol. The Balaban J connectivity index is 2.40. The van der Waals surface area contributed by atoms with Crippen LogP contribution in [-0.2, 0) is 11.2 Å². The van der Waals surface area contributed by atoms with Crippen molar-refractivity contribution in [3.63, 3.8) is 0 Å². The first-order valence-corrected chi connectivity index (χ1v) is 8.88. The second-order valence-electron chi connectivity index (χ2n) is 6.03. The molecule has 0 aliphatic rings. The van der Waals surface area contributed by atoms with E-state index in [-0.39, 0.29) is 5.75 Å². The Kier molecular flexibility index (Phi) is 10.5. The van der Waals surface area contributed by atoms with Crippen LogP contribution in [0.25, 0.3) is 0 Å². The lowest BCUT2D eigenvalue weighted by molar-refractivity contribution is 0.0404. The second kappa shape index (κ2) is 12.2. The topological polar surface area (TPSA) is 64.7 Å². The molecule has 0 saturated carbocycles. The SMILES string of the molecule is CCCCCC(CCCCN)OCCc1ccc(O)c(OC)c1. The normalized spacial score (nSPS) is 12.3. The van der Waals surface area contributed by atoms with Crippen LogP contribution in [-0.4, -0.2) is 31.5 Å². The van der Waals surface area contributed by atoms with Crippen LogP contribution in [0.4, 0.5) is 0 Å². The van der Waals surface area contributed by atoms with Crippen molar-refractivity contribution in [1.29, 1.82) is 0 Å². The van der Waals surface area contributed by atoms with Gasteiger partial charge in [-0.05, 0) is 56.3 Å². The third-order valence-electron chi connectivity index (χ3n) is 4.10. The number of ether oxygens (including phenoxy) is 2. The molecule has 1 rings (SSSR count). The van der Waals surface area contributed by atoms with Crippen LogP contribution in [0.2, 0.25) is 0 Å². The van der Waals surface area contributed by atoms with Gasteiger partial charge in [0.05, 0.1) is 19.8 Å². The van der Waals surface area contributed by atoms with Crippen LogP contribution >= 0.6 is 0 Å². The first-order valence-electron chi connectivity index (χ1n) is 8.88. The number of benzene rings is 1. The molecule has 0 spiro atoms. The average molecular weight is 323 g/mol. The zero-order valence-electron chi connectivity index (χ0n) is 14.7. The van der Waals surface area contributed by atoms with E-state index in [9.17, 15) is 5.11 Å². The second-order valence-corrected chi connectivity index (χ2v) is 6.03. The lowest BCUT2D eigenvalue weighted by Gasteiger charge is -2.18. The van der Waals surface area contributed by atoms with E-state index in [0.717, 1.165) is 44.2 Å². The van der Waals surface area contributed by atoms with E-state index in [1.165, 1.54) is 19.3 Å². The van der Waals surface area contributed by atoms with Crippen molar-refractivity contribution in [2.45, 2.75) is 64.4 Å². The summed E-state index contributed by atoms with van der Waals surface area (Å²) in [5, 5.41) is 9.62. The molecule has 1 aromatic carbocycles. The van der Waals surface area contributed by atoms with Crippen molar-refractivity contribution in [2.24, 2.45) is 5.73 Å². The highest BCUT2D eigenvalue weighted by Gasteiger charge is 2.09. The number of aromatic hydroxyl groups is 1. The summed E-state index contributed by atoms with van der Waals surface area (Å²) in [6.45, 7) is 3.69. The quantitative estimate of drug-likeness (QED) is 0.538. The van der Waals surface area contributed by atoms with Gasteiger partial charge < -0.3 is 20.3 Å².